The summed E-state index contributed by atoms with van der Waals surface area (Å²) in [6.45, 7) is 11.8. The smallest absolute Gasteiger partial charge is 0.245 e. The number of ether oxygens (including phenoxy) is 1. The molecule has 0 atom stereocenters. The maximum absolute atomic E-state index is 11.8. The van der Waals surface area contributed by atoms with Crippen LogP contribution in [-0.2, 0) is 4.79 Å². The number of benzene rings is 2. The van der Waals surface area contributed by atoms with Crippen molar-refractivity contribution in [3.63, 3.8) is 0 Å². The monoisotopic (exact) mass is 429 g/mol. The topological polar surface area (TPSA) is 53.9 Å². The molecule has 5 nitrogen and oxygen atoms in total. The fourth-order valence-corrected chi connectivity index (χ4v) is 3.75. The summed E-state index contributed by atoms with van der Waals surface area (Å²) < 4.78 is 5.89. The molecule has 1 saturated heterocycles. The molecule has 2 aromatic carbocycles. The maximum atomic E-state index is 11.8. The lowest BCUT2D eigenvalue weighted by atomic mass is 9.96. The summed E-state index contributed by atoms with van der Waals surface area (Å²) in [6, 6.07) is 17.6. The summed E-state index contributed by atoms with van der Waals surface area (Å²) in [4.78, 5) is 18.2. The van der Waals surface area contributed by atoms with Gasteiger partial charge in [0.25, 0.3) is 0 Å². The van der Waals surface area contributed by atoms with Crippen LogP contribution >= 0.6 is 0 Å². The Morgan fingerprint density at radius 1 is 1.06 bits per heavy atom. The number of nitrogens with one attached hydrogen (secondary N) is 1. The molecular weight excluding hydrogens is 398 g/mol. The Kier molecular flexibility index (Phi) is 8.44. The van der Waals surface area contributed by atoms with Gasteiger partial charge in [-0.25, -0.2) is 4.99 Å². The second kappa shape index (κ2) is 11.7. The van der Waals surface area contributed by atoms with Crippen molar-refractivity contribution in [2.75, 3.05) is 19.6 Å². The van der Waals surface area contributed by atoms with E-state index in [-0.39, 0.29) is 5.91 Å². The van der Waals surface area contributed by atoms with E-state index in [2.05, 4.69) is 23.5 Å². The van der Waals surface area contributed by atoms with Gasteiger partial charge in [0.2, 0.25) is 5.91 Å². The quantitative estimate of drug-likeness (QED) is 0.328. The molecule has 3 rings (SSSR count). The van der Waals surface area contributed by atoms with Crippen molar-refractivity contribution < 1.29 is 9.53 Å². The van der Waals surface area contributed by atoms with Crippen LogP contribution in [0.4, 0.5) is 0 Å². The van der Waals surface area contributed by atoms with Gasteiger partial charge in [-0.3, -0.25) is 4.79 Å². The number of piperidine rings is 1. The summed E-state index contributed by atoms with van der Waals surface area (Å²) in [5.41, 5.74) is 1.95. The molecule has 0 aliphatic carbocycles. The zero-order valence-electron chi connectivity index (χ0n) is 18.7. The van der Waals surface area contributed by atoms with Crippen LogP contribution < -0.4 is 10.1 Å². The van der Waals surface area contributed by atoms with Gasteiger partial charge < -0.3 is 15.0 Å². The van der Waals surface area contributed by atoms with Crippen LogP contribution in [0.25, 0.3) is 5.57 Å². The Labute approximate surface area is 190 Å². The van der Waals surface area contributed by atoms with E-state index in [0.29, 0.717) is 5.92 Å². The second-order valence-electron chi connectivity index (χ2n) is 7.65. The molecule has 1 fully saturated rings. The molecule has 1 amide bonds. The van der Waals surface area contributed by atoms with E-state index in [9.17, 15) is 4.79 Å². The Bertz CT molecular complexity index is 970. The third kappa shape index (κ3) is 6.20. The molecule has 1 N–H and O–H groups in total. The van der Waals surface area contributed by atoms with Crippen molar-refractivity contribution in [1.82, 2.24) is 10.2 Å². The van der Waals surface area contributed by atoms with Crippen molar-refractivity contribution in [3.8, 4) is 11.5 Å². The summed E-state index contributed by atoms with van der Waals surface area (Å²) in [5, 5.41) is 3.51. The zero-order chi connectivity index (χ0) is 22.8. The lowest BCUT2D eigenvalue weighted by Gasteiger charge is -2.31. The Balaban J connectivity index is 1.67. The third-order valence-corrected chi connectivity index (χ3v) is 5.52. The van der Waals surface area contributed by atoms with Gasteiger partial charge in [0.1, 0.15) is 17.3 Å². The Hall–Kier alpha value is -3.60. The van der Waals surface area contributed by atoms with Crippen molar-refractivity contribution in [1.29, 1.82) is 0 Å². The number of nitrogens with zero attached hydrogens (tertiary/aromatic N) is 2. The van der Waals surface area contributed by atoms with E-state index in [1.165, 1.54) is 6.08 Å². The summed E-state index contributed by atoms with van der Waals surface area (Å²) in [7, 11) is 0. The molecule has 32 heavy (non-hydrogen) atoms. The molecule has 0 unspecified atom stereocenters. The number of carbonyl (C=O) groups excluding carboxylic acids is 1. The molecule has 1 aliphatic rings. The lowest BCUT2D eigenvalue weighted by molar-refractivity contribution is -0.127. The maximum Gasteiger partial charge on any atom is 0.245 e. The number of carbonyl (C=O) groups is 1. The summed E-state index contributed by atoms with van der Waals surface area (Å²) >= 11 is 0. The number of likely N-dealkylation sites (tertiary alicyclic amines) is 1. The molecule has 1 heterocycles. The Morgan fingerprint density at radius 3 is 2.31 bits per heavy atom. The standard InChI is InChI=1S/C27H31N3O2/c1-4-25(22-12-14-24(15-13-22)32-23-10-8-7-9-11-23)27(28-6-3)29-20-21-16-18-30(19-17-21)26(31)5-2/h4-15,21,29H,1-2,16-20H2,3H3/b27-25-,28-6?. The number of aliphatic imine (C=N–C) groups is 1. The third-order valence-electron chi connectivity index (χ3n) is 5.52. The molecule has 0 bridgehead atoms. The minimum absolute atomic E-state index is 0.0150. The minimum Gasteiger partial charge on any atom is -0.457 e. The average molecular weight is 430 g/mol. The van der Waals surface area contributed by atoms with Crippen molar-refractivity contribution >= 4 is 17.7 Å². The molecule has 1 aliphatic heterocycles. The van der Waals surface area contributed by atoms with E-state index in [1.54, 1.807) is 6.21 Å². The first kappa shape index (κ1) is 23.1. The number of para-hydroxylation sites is 1. The van der Waals surface area contributed by atoms with E-state index in [4.69, 9.17) is 4.74 Å². The highest BCUT2D eigenvalue weighted by Gasteiger charge is 2.21. The van der Waals surface area contributed by atoms with Crippen LogP contribution in [0.5, 0.6) is 11.5 Å². The molecule has 2 aromatic rings. The fraction of sp³-hybridized carbons (Fsp3) is 0.259. The first-order valence-electron chi connectivity index (χ1n) is 11.0. The van der Waals surface area contributed by atoms with Crippen LogP contribution in [0.1, 0.15) is 25.3 Å². The molecule has 0 saturated carbocycles. The number of hydrogen-bond acceptors (Lipinski definition) is 4. The van der Waals surface area contributed by atoms with Crippen LogP contribution in [0.2, 0.25) is 0 Å². The highest BCUT2D eigenvalue weighted by molar-refractivity contribution is 5.87. The van der Waals surface area contributed by atoms with Gasteiger partial charge in [-0.15, -0.1) is 0 Å². The van der Waals surface area contributed by atoms with Crippen molar-refractivity contribution in [3.05, 3.63) is 91.3 Å². The number of amides is 1. The normalized spacial score (nSPS) is 15.2. The van der Waals surface area contributed by atoms with Crippen LogP contribution in [0.15, 0.2) is 90.7 Å². The molecule has 5 heteroatoms. The number of hydrogen-bond donors (Lipinski definition) is 1. The summed E-state index contributed by atoms with van der Waals surface area (Å²) in [6.07, 6.45) is 6.93. The summed E-state index contributed by atoms with van der Waals surface area (Å²) in [5.74, 6) is 2.87. The minimum atomic E-state index is 0.0150. The van der Waals surface area contributed by atoms with E-state index < -0.39 is 0 Å². The molecule has 0 aromatic heterocycles. The molecular formula is C27H31N3O2. The lowest BCUT2D eigenvalue weighted by Crippen LogP contribution is -2.39. The molecule has 166 valence electrons. The van der Waals surface area contributed by atoms with Gasteiger partial charge in [0, 0.05) is 31.4 Å². The number of rotatable bonds is 9. The SMILES string of the molecule is C=CC(=O)N1CCC(CN/C(N=CC)=C(/C=C)c2ccc(Oc3ccccc3)cc2)CC1. The molecule has 0 radical (unpaired) electrons. The predicted octanol–water partition coefficient (Wildman–Crippen LogP) is 5.44. The van der Waals surface area contributed by atoms with Crippen LogP contribution in [-0.4, -0.2) is 36.7 Å². The van der Waals surface area contributed by atoms with Crippen LogP contribution in [0.3, 0.4) is 0 Å². The first-order chi connectivity index (χ1) is 15.6. The fourth-order valence-electron chi connectivity index (χ4n) is 3.75. The van der Waals surface area contributed by atoms with Crippen molar-refractivity contribution in [2.45, 2.75) is 19.8 Å². The van der Waals surface area contributed by atoms with Crippen LogP contribution in [0, 0.1) is 5.92 Å². The van der Waals surface area contributed by atoms with E-state index >= 15 is 0 Å². The Morgan fingerprint density at radius 2 is 1.72 bits per heavy atom. The van der Waals surface area contributed by atoms with Gasteiger partial charge in [-0.05, 0) is 61.6 Å². The van der Waals surface area contributed by atoms with Gasteiger partial charge in [0.15, 0.2) is 0 Å². The van der Waals surface area contributed by atoms with E-state index in [1.807, 2.05) is 72.5 Å². The average Bonchev–Trinajstić information content (AvgIpc) is 2.84. The molecule has 0 spiro atoms. The largest absolute Gasteiger partial charge is 0.457 e. The van der Waals surface area contributed by atoms with E-state index in [0.717, 1.165) is 60.9 Å². The van der Waals surface area contributed by atoms with Gasteiger partial charge >= 0.3 is 0 Å². The predicted molar refractivity (Wildman–Crippen MR) is 132 cm³/mol. The zero-order valence-corrected chi connectivity index (χ0v) is 18.7. The number of allylic oxidation sites excluding steroid dienone is 2. The highest BCUT2D eigenvalue weighted by atomic mass is 16.5. The highest BCUT2D eigenvalue weighted by Crippen LogP contribution is 2.26. The van der Waals surface area contributed by atoms with Gasteiger partial charge in [-0.2, -0.15) is 0 Å². The van der Waals surface area contributed by atoms with Crippen molar-refractivity contribution in [2.24, 2.45) is 10.9 Å². The second-order valence-corrected chi connectivity index (χ2v) is 7.65. The van der Waals surface area contributed by atoms with Gasteiger partial charge in [-0.1, -0.05) is 49.6 Å². The van der Waals surface area contributed by atoms with Gasteiger partial charge in [0.05, 0.1) is 0 Å². The first-order valence-corrected chi connectivity index (χ1v) is 11.0.